The second-order valence-electron chi connectivity index (χ2n) is 4.17. The normalized spacial score (nSPS) is 18.7. The molecule has 0 unspecified atom stereocenters. The van der Waals surface area contributed by atoms with Crippen LogP contribution in [0.3, 0.4) is 0 Å². The zero-order chi connectivity index (χ0) is 11.6. The van der Waals surface area contributed by atoms with Gasteiger partial charge in [-0.15, -0.1) is 0 Å². The predicted octanol–water partition coefficient (Wildman–Crippen LogP) is 2.86. The van der Waals surface area contributed by atoms with Crippen molar-refractivity contribution in [3.8, 4) is 0 Å². The second-order valence-corrected chi connectivity index (χ2v) is 5.40. The quantitative estimate of drug-likeness (QED) is 0.854. The summed E-state index contributed by atoms with van der Waals surface area (Å²) >= 11 is 1.76. The van der Waals surface area contributed by atoms with E-state index >= 15 is 0 Å². The Labute approximate surface area is 101 Å². The molecule has 1 N–H and O–H groups in total. The number of para-hydroxylation sites is 1. The van der Waals surface area contributed by atoms with Gasteiger partial charge >= 0.3 is 0 Å². The van der Waals surface area contributed by atoms with Crippen molar-refractivity contribution in [2.24, 2.45) is 4.99 Å². The summed E-state index contributed by atoms with van der Waals surface area (Å²) in [5, 5.41) is 3.10. The first-order chi connectivity index (χ1) is 7.62. The number of hydrazine groups is 1. The number of thioether (sulfide) groups is 1. The Hall–Kier alpha value is -1.00. The Kier molecular flexibility index (Phi) is 3.21. The summed E-state index contributed by atoms with van der Waals surface area (Å²) in [5.41, 5.74) is 4.31. The van der Waals surface area contributed by atoms with Crippen molar-refractivity contribution in [3.05, 3.63) is 30.3 Å². The molecule has 0 aliphatic carbocycles. The lowest BCUT2D eigenvalue weighted by atomic mass is 10.3. The van der Waals surface area contributed by atoms with Crippen molar-refractivity contribution in [1.29, 1.82) is 0 Å². The van der Waals surface area contributed by atoms with Crippen LogP contribution >= 0.6 is 11.8 Å². The van der Waals surface area contributed by atoms with Gasteiger partial charge in [-0.3, -0.25) is 5.01 Å². The number of amidine groups is 1. The van der Waals surface area contributed by atoms with Crippen LogP contribution in [0, 0.1) is 0 Å². The Balaban J connectivity index is 2.26. The minimum absolute atomic E-state index is 0.215. The lowest BCUT2D eigenvalue weighted by Crippen LogP contribution is -2.44. The number of benzene rings is 1. The fourth-order valence-corrected chi connectivity index (χ4v) is 2.44. The van der Waals surface area contributed by atoms with E-state index < -0.39 is 0 Å². The molecular weight excluding hydrogens is 218 g/mol. The highest BCUT2D eigenvalue weighted by Crippen LogP contribution is 2.26. The van der Waals surface area contributed by atoms with Gasteiger partial charge in [0.05, 0.1) is 5.69 Å². The maximum absolute atomic E-state index is 4.66. The maximum atomic E-state index is 4.66. The fourth-order valence-electron chi connectivity index (χ4n) is 1.61. The molecule has 1 aliphatic heterocycles. The standard InChI is InChI=1S/C12H17N3S/c1-4-16-11-13-12(2,3)14-15(11)10-8-6-5-7-9-10/h5-9,14H,4H2,1-3H3. The third-order valence-electron chi connectivity index (χ3n) is 2.24. The topological polar surface area (TPSA) is 27.6 Å². The Morgan fingerprint density at radius 3 is 2.62 bits per heavy atom. The summed E-state index contributed by atoms with van der Waals surface area (Å²) in [6, 6.07) is 10.3. The first-order valence-corrected chi connectivity index (χ1v) is 6.46. The molecule has 0 spiro atoms. The predicted molar refractivity (Wildman–Crippen MR) is 71.7 cm³/mol. The third-order valence-corrected chi connectivity index (χ3v) is 3.06. The SMILES string of the molecule is CCSC1=NC(C)(C)NN1c1ccccc1. The number of hydrogen-bond donors (Lipinski definition) is 1. The highest BCUT2D eigenvalue weighted by Gasteiger charge is 2.31. The van der Waals surface area contributed by atoms with Crippen LogP contribution in [0.1, 0.15) is 20.8 Å². The zero-order valence-electron chi connectivity index (χ0n) is 9.90. The molecule has 2 rings (SSSR count). The summed E-state index contributed by atoms with van der Waals surface area (Å²) in [4.78, 5) is 4.66. The van der Waals surface area contributed by atoms with Crippen molar-refractivity contribution < 1.29 is 0 Å². The molecule has 16 heavy (non-hydrogen) atoms. The number of anilines is 1. The molecule has 0 aromatic heterocycles. The van der Waals surface area contributed by atoms with Crippen LogP contribution in [0.4, 0.5) is 5.69 Å². The molecular formula is C12H17N3S. The van der Waals surface area contributed by atoms with E-state index in [1.54, 1.807) is 11.8 Å². The van der Waals surface area contributed by atoms with Crippen molar-refractivity contribution in [3.63, 3.8) is 0 Å². The number of hydrogen-bond acceptors (Lipinski definition) is 4. The van der Waals surface area contributed by atoms with Crippen molar-refractivity contribution >= 4 is 22.6 Å². The number of nitrogens with zero attached hydrogens (tertiary/aromatic N) is 2. The summed E-state index contributed by atoms with van der Waals surface area (Å²) in [6.45, 7) is 6.29. The lowest BCUT2D eigenvalue weighted by molar-refractivity contribution is 0.448. The van der Waals surface area contributed by atoms with E-state index in [1.165, 1.54) is 0 Å². The first-order valence-electron chi connectivity index (χ1n) is 5.48. The highest BCUT2D eigenvalue weighted by molar-refractivity contribution is 8.14. The molecule has 1 aliphatic rings. The lowest BCUT2D eigenvalue weighted by Gasteiger charge is -2.23. The molecule has 0 bridgehead atoms. The molecule has 0 amide bonds. The minimum Gasteiger partial charge on any atom is -0.252 e. The minimum atomic E-state index is -0.215. The summed E-state index contributed by atoms with van der Waals surface area (Å²) < 4.78 is 0. The van der Waals surface area contributed by atoms with Gasteiger partial charge < -0.3 is 0 Å². The molecule has 3 nitrogen and oxygen atoms in total. The van der Waals surface area contributed by atoms with Crippen LogP contribution in [0.5, 0.6) is 0 Å². The summed E-state index contributed by atoms with van der Waals surface area (Å²) in [5.74, 6) is 1.03. The molecule has 0 fully saturated rings. The molecule has 86 valence electrons. The Morgan fingerprint density at radius 1 is 1.31 bits per heavy atom. The van der Waals surface area contributed by atoms with Gasteiger partial charge in [0.2, 0.25) is 0 Å². The highest BCUT2D eigenvalue weighted by atomic mass is 32.2. The van der Waals surface area contributed by atoms with Crippen LogP contribution < -0.4 is 10.4 Å². The monoisotopic (exact) mass is 235 g/mol. The Morgan fingerprint density at radius 2 is 2.00 bits per heavy atom. The van der Waals surface area contributed by atoms with Crippen LogP contribution in [0.25, 0.3) is 0 Å². The summed E-state index contributed by atoms with van der Waals surface area (Å²) in [7, 11) is 0. The number of aliphatic imine (C=N–C) groups is 1. The van der Waals surface area contributed by atoms with Gasteiger partial charge in [0.15, 0.2) is 5.17 Å². The van der Waals surface area contributed by atoms with E-state index in [0.717, 1.165) is 16.6 Å². The largest absolute Gasteiger partial charge is 0.252 e. The van der Waals surface area contributed by atoms with E-state index in [-0.39, 0.29) is 5.66 Å². The smallest absolute Gasteiger partial charge is 0.180 e. The third kappa shape index (κ3) is 2.39. The second kappa shape index (κ2) is 4.47. The molecule has 0 saturated carbocycles. The summed E-state index contributed by atoms with van der Waals surface area (Å²) in [6.07, 6.45) is 0. The number of rotatable bonds is 2. The average molecular weight is 235 g/mol. The molecule has 1 heterocycles. The molecule has 0 radical (unpaired) electrons. The van der Waals surface area contributed by atoms with Gasteiger partial charge in [-0.1, -0.05) is 36.9 Å². The van der Waals surface area contributed by atoms with Crippen molar-refractivity contribution in [1.82, 2.24) is 5.43 Å². The van der Waals surface area contributed by atoms with E-state index in [9.17, 15) is 0 Å². The van der Waals surface area contributed by atoms with Crippen molar-refractivity contribution in [2.45, 2.75) is 26.4 Å². The van der Waals surface area contributed by atoms with E-state index in [2.05, 4.69) is 48.3 Å². The van der Waals surface area contributed by atoms with Gasteiger partial charge in [-0.25, -0.2) is 10.4 Å². The van der Waals surface area contributed by atoms with E-state index in [4.69, 9.17) is 0 Å². The van der Waals surface area contributed by atoms with Crippen molar-refractivity contribution in [2.75, 3.05) is 10.8 Å². The molecule has 1 aromatic rings. The van der Waals surface area contributed by atoms with E-state index in [0.29, 0.717) is 0 Å². The average Bonchev–Trinajstić information content (AvgIpc) is 2.56. The van der Waals surface area contributed by atoms with Gasteiger partial charge in [0, 0.05) is 0 Å². The van der Waals surface area contributed by atoms with Gasteiger partial charge in [0.1, 0.15) is 5.66 Å². The van der Waals surface area contributed by atoms with Crippen LogP contribution in [0.15, 0.2) is 35.3 Å². The van der Waals surface area contributed by atoms with Crippen LogP contribution in [-0.4, -0.2) is 16.6 Å². The molecule has 1 aromatic carbocycles. The van der Waals surface area contributed by atoms with Gasteiger partial charge in [-0.05, 0) is 31.7 Å². The Bertz CT molecular complexity index is 387. The molecule has 4 heteroatoms. The van der Waals surface area contributed by atoms with Gasteiger partial charge in [0.25, 0.3) is 0 Å². The maximum Gasteiger partial charge on any atom is 0.180 e. The van der Waals surface area contributed by atoms with E-state index in [1.807, 2.05) is 18.2 Å². The van der Waals surface area contributed by atoms with Crippen LogP contribution in [-0.2, 0) is 0 Å². The fraction of sp³-hybridized carbons (Fsp3) is 0.417. The van der Waals surface area contributed by atoms with Gasteiger partial charge in [-0.2, -0.15) is 0 Å². The number of nitrogens with one attached hydrogen (secondary N) is 1. The van der Waals surface area contributed by atoms with Crippen LogP contribution in [0.2, 0.25) is 0 Å². The molecule has 0 atom stereocenters. The zero-order valence-corrected chi connectivity index (χ0v) is 10.7. The first kappa shape index (κ1) is 11.5. The molecule has 0 saturated heterocycles.